The molecule has 1 aromatic carbocycles. The fraction of sp³-hybridized carbons (Fsp3) is 0.500. The number of quaternary nitrogens is 2. The summed E-state index contributed by atoms with van der Waals surface area (Å²) in [5.41, 5.74) is 3.77. The van der Waals surface area contributed by atoms with E-state index in [1.54, 1.807) is 18.2 Å². The van der Waals surface area contributed by atoms with E-state index >= 15 is 0 Å². The molecule has 0 unspecified atom stereocenters. The molecule has 0 spiro atoms. The second kappa shape index (κ2) is 9.42. The summed E-state index contributed by atoms with van der Waals surface area (Å²) in [5.74, 6) is 0.594. The van der Waals surface area contributed by atoms with E-state index in [-0.39, 0.29) is 0 Å². The van der Waals surface area contributed by atoms with Crippen molar-refractivity contribution in [3.8, 4) is 5.75 Å². The molecule has 1 rings (SSSR count). The second-order valence-electron chi connectivity index (χ2n) is 3.73. The molecule has 0 saturated heterocycles. The van der Waals surface area contributed by atoms with E-state index in [4.69, 9.17) is 32.7 Å². The van der Waals surface area contributed by atoms with Crippen molar-refractivity contribution in [3.05, 3.63) is 28.2 Å². The van der Waals surface area contributed by atoms with Crippen LogP contribution in [0.15, 0.2) is 18.2 Å². The first-order valence-corrected chi connectivity index (χ1v) is 6.76. The van der Waals surface area contributed by atoms with E-state index in [2.05, 4.69) is 11.1 Å². The Morgan fingerprint density at radius 2 is 1.94 bits per heavy atom. The molecule has 18 heavy (non-hydrogen) atoms. The van der Waals surface area contributed by atoms with Crippen molar-refractivity contribution in [1.82, 2.24) is 0 Å². The molecule has 4 nitrogen and oxygen atoms in total. The van der Waals surface area contributed by atoms with E-state index in [0.717, 1.165) is 19.6 Å². The van der Waals surface area contributed by atoms with Gasteiger partial charge in [-0.2, -0.15) is 0 Å². The largest absolute Gasteiger partial charge is 0.490 e. The highest BCUT2D eigenvalue weighted by atomic mass is 35.5. The molecule has 0 aliphatic heterocycles. The highest BCUT2D eigenvalue weighted by molar-refractivity contribution is 6.42. The van der Waals surface area contributed by atoms with Crippen LogP contribution in [0.25, 0.3) is 0 Å². The van der Waals surface area contributed by atoms with Gasteiger partial charge in [-0.15, -0.1) is 0 Å². The molecule has 1 aromatic rings. The normalized spacial score (nSPS) is 10.6. The van der Waals surface area contributed by atoms with Crippen molar-refractivity contribution >= 4 is 23.2 Å². The van der Waals surface area contributed by atoms with Crippen LogP contribution in [-0.4, -0.2) is 39.5 Å². The first-order chi connectivity index (χ1) is 8.75. The van der Waals surface area contributed by atoms with Gasteiger partial charge in [0.05, 0.1) is 24.8 Å². The van der Waals surface area contributed by atoms with Crippen LogP contribution in [0.1, 0.15) is 0 Å². The number of benzene rings is 1. The van der Waals surface area contributed by atoms with Gasteiger partial charge in [0, 0.05) is 0 Å². The summed E-state index contributed by atoms with van der Waals surface area (Å²) in [6, 6.07) is 5.32. The van der Waals surface area contributed by atoms with Crippen LogP contribution in [-0.2, 0) is 4.74 Å². The SMILES string of the molecule is [NH3+]CC[NH2+]CCOCCOc1cccc(Cl)c1Cl. The Labute approximate surface area is 117 Å². The van der Waals surface area contributed by atoms with E-state index < -0.39 is 0 Å². The predicted octanol–water partition coefficient (Wildman–Crippen LogP) is 0.194. The Bertz CT molecular complexity index is 351. The lowest BCUT2D eigenvalue weighted by molar-refractivity contribution is -0.671. The van der Waals surface area contributed by atoms with Gasteiger partial charge >= 0.3 is 0 Å². The van der Waals surface area contributed by atoms with Crippen LogP contribution < -0.4 is 15.8 Å². The first kappa shape index (κ1) is 15.5. The fourth-order valence-corrected chi connectivity index (χ4v) is 1.71. The maximum atomic E-state index is 5.98. The number of nitrogens with two attached hydrogens (primary N) is 1. The minimum atomic E-state index is 0.447. The Kier molecular flexibility index (Phi) is 8.13. The molecule has 0 saturated carbocycles. The lowest BCUT2D eigenvalue weighted by Crippen LogP contribution is -2.88. The Morgan fingerprint density at radius 3 is 2.72 bits per heavy atom. The zero-order valence-corrected chi connectivity index (χ0v) is 11.8. The van der Waals surface area contributed by atoms with Gasteiger partial charge in [-0.3, -0.25) is 0 Å². The molecule has 0 aliphatic rings. The molecule has 0 heterocycles. The summed E-state index contributed by atoms with van der Waals surface area (Å²) in [4.78, 5) is 0. The number of rotatable bonds is 9. The van der Waals surface area contributed by atoms with Crippen molar-refractivity contribution in [2.24, 2.45) is 0 Å². The zero-order chi connectivity index (χ0) is 13.2. The van der Waals surface area contributed by atoms with Crippen molar-refractivity contribution in [2.45, 2.75) is 0 Å². The van der Waals surface area contributed by atoms with Gasteiger partial charge < -0.3 is 20.5 Å². The Morgan fingerprint density at radius 1 is 1.11 bits per heavy atom. The summed E-state index contributed by atoms with van der Waals surface area (Å²) in [6.07, 6.45) is 0. The molecular formula is C12H20Cl2N2O2+2. The van der Waals surface area contributed by atoms with Crippen molar-refractivity contribution in [2.75, 3.05) is 39.5 Å². The van der Waals surface area contributed by atoms with Crippen LogP contribution in [0.3, 0.4) is 0 Å². The van der Waals surface area contributed by atoms with Crippen LogP contribution in [0, 0.1) is 0 Å². The Balaban J connectivity index is 2.09. The molecule has 0 bridgehead atoms. The van der Waals surface area contributed by atoms with Gasteiger partial charge in [0.2, 0.25) is 0 Å². The van der Waals surface area contributed by atoms with Crippen molar-refractivity contribution < 1.29 is 20.5 Å². The molecule has 0 radical (unpaired) electrons. The van der Waals surface area contributed by atoms with Gasteiger partial charge in [-0.1, -0.05) is 29.3 Å². The van der Waals surface area contributed by atoms with Crippen LogP contribution in [0.4, 0.5) is 0 Å². The standard InChI is InChI=1S/C12H18Cl2N2O2/c13-10-2-1-3-11(12(10)14)18-9-8-17-7-6-16-5-4-15/h1-3,16H,4-9,15H2/p+2. The van der Waals surface area contributed by atoms with E-state index in [9.17, 15) is 0 Å². The zero-order valence-electron chi connectivity index (χ0n) is 10.3. The fourth-order valence-electron chi connectivity index (χ4n) is 1.36. The van der Waals surface area contributed by atoms with E-state index in [1.807, 2.05) is 0 Å². The second-order valence-corrected chi connectivity index (χ2v) is 4.52. The molecule has 5 N–H and O–H groups in total. The van der Waals surface area contributed by atoms with Crippen LogP contribution in [0.5, 0.6) is 5.75 Å². The monoisotopic (exact) mass is 294 g/mol. The quantitative estimate of drug-likeness (QED) is 0.639. The van der Waals surface area contributed by atoms with Gasteiger partial charge in [-0.25, -0.2) is 0 Å². The molecule has 0 fully saturated rings. The molecule has 0 aromatic heterocycles. The third-order valence-corrected chi connectivity index (χ3v) is 3.08. The minimum absolute atomic E-state index is 0.447. The van der Waals surface area contributed by atoms with Crippen LogP contribution >= 0.6 is 23.2 Å². The van der Waals surface area contributed by atoms with Crippen molar-refractivity contribution in [3.63, 3.8) is 0 Å². The summed E-state index contributed by atoms with van der Waals surface area (Å²) in [6.45, 7) is 4.66. The molecule has 0 aliphatic carbocycles. The summed E-state index contributed by atoms with van der Waals surface area (Å²) >= 11 is 11.9. The maximum Gasteiger partial charge on any atom is 0.139 e. The smallest absolute Gasteiger partial charge is 0.139 e. The predicted molar refractivity (Wildman–Crippen MR) is 72.2 cm³/mol. The maximum absolute atomic E-state index is 5.98. The molecule has 0 amide bonds. The van der Waals surface area contributed by atoms with Gasteiger partial charge in [-0.05, 0) is 12.1 Å². The highest BCUT2D eigenvalue weighted by Crippen LogP contribution is 2.31. The van der Waals surface area contributed by atoms with Crippen molar-refractivity contribution in [1.29, 1.82) is 0 Å². The lowest BCUT2D eigenvalue weighted by atomic mass is 10.3. The highest BCUT2D eigenvalue weighted by Gasteiger charge is 2.04. The van der Waals surface area contributed by atoms with Gasteiger partial charge in [0.15, 0.2) is 0 Å². The molecule has 102 valence electrons. The first-order valence-electron chi connectivity index (χ1n) is 6.01. The van der Waals surface area contributed by atoms with E-state index in [1.165, 1.54) is 0 Å². The summed E-state index contributed by atoms with van der Waals surface area (Å²) in [7, 11) is 0. The average Bonchev–Trinajstić information content (AvgIpc) is 2.37. The lowest BCUT2D eigenvalue weighted by Gasteiger charge is -2.09. The molecule has 6 heteroatoms. The van der Waals surface area contributed by atoms with Crippen LogP contribution in [0.2, 0.25) is 10.0 Å². The third kappa shape index (κ3) is 5.89. The minimum Gasteiger partial charge on any atom is -0.490 e. The third-order valence-electron chi connectivity index (χ3n) is 2.28. The average molecular weight is 295 g/mol. The summed E-state index contributed by atoms with van der Waals surface area (Å²) < 4.78 is 10.9. The molecule has 0 atom stereocenters. The number of ether oxygens (including phenoxy) is 2. The summed E-state index contributed by atoms with van der Waals surface area (Å²) in [5, 5.41) is 3.13. The topological polar surface area (TPSA) is 62.7 Å². The van der Waals surface area contributed by atoms with E-state index in [0.29, 0.717) is 35.6 Å². The number of halogens is 2. The number of hydrogen-bond donors (Lipinski definition) is 2. The number of hydrogen-bond acceptors (Lipinski definition) is 2. The molecular weight excluding hydrogens is 275 g/mol. The van der Waals surface area contributed by atoms with Gasteiger partial charge in [0.25, 0.3) is 0 Å². The Hall–Kier alpha value is -0.520. The van der Waals surface area contributed by atoms with Gasteiger partial charge in [0.1, 0.15) is 30.5 Å².